The van der Waals surface area contributed by atoms with Crippen LogP contribution >= 0.6 is 0 Å². The summed E-state index contributed by atoms with van der Waals surface area (Å²) < 4.78 is 5.05. The van der Waals surface area contributed by atoms with Crippen LogP contribution in [-0.2, 0) is 17.8 Å². The molecule has 2 aromatic carbocycles. The fraction of sp³-hybridized carbons (Fsp3) is 0.182. The SMILES string of the molecule is C=Cc1c(C)c2c(c(O)c1CC=Cc1c(C)cccc1C(=O)O)C(=O)OC2. The van der Waals surface area contributed by atoms with E-state index < -0.39 is 11.9 Å². The lowest BCUT2D eigenvalue weighted by Crippen LogP contribution is -2.03. The molecule has 1 aliphatic rings. The number of esters is 1. The lowest BCUT2D eigenvalue weighted by Gasteiger charge is -2.14. The minimum Gasteiger partial charge on any atom is -0.507 e. The Balaban J connectivity index is 2.03. The molecule has 0 aromatic heterocycles. The van der Waals surface area contributed by atoms with Gasteiger partial charge in [0.25, 0.3) is 0 Å². The summed E-state index contributed by atoms with van der Waals surface area (Å²) in [6.45, 7) is 7.68. The van der Waals surface area contributed by atoms with Crippen LogP contribution in [0.4, 0.5) is 0 Å². The van der Waals surface area contributed by atoms with Crippen molar-refractivity contribution in [2.24, 2.45) is 0 Å². The zero-order chi connectivity index (χ0) is 19.7. The minimum absolute atomic E-state index is 0.0964. The average Bonchev–Trinajstić information content (AvgIpc) is 3.02. The quantitative estimate of drug-likeness (QED) is 0.774. The maximum atomic E-state index is 12.0. The van der Waals surface area contributed by atoms with Crippen molar-refractivity contribution in [1.29, 1.82) is 0 Å². The molecule has 0 bridgehead atoms. The molecule has 3 rings (SSSR count). The molecule has 0 unspecified atom stereocenters. The zero-order valence-corrected chi connectivity index (χ0v) is 15.2. The van der Waals surface area contributed by atoms with E-state index in [0.29, 0.717) is 23.1 Å². The standard InChI is InChI=1S/C22H20O5/c1-4-14-13(3)18-11-27-22(26)19(18)20(23)16(14)9-6-8-15-12(2)7-5-10-17(15)21(24)25/h4-8,10,23H,1,9,11H2,2-3H3,(H,24,25). The van der Waals surface area contributed by atoms with E-state index in [9.17, 15) is 19.8 Å². The number of hydrogen-bond donors (Lipinski definition) is 2. The van der Waals surface area contributed by atoms with Crippen LogP contribution in [0.2, 0.25) is 0 Å². The van der Waals surface area contributed by atoms with E-state index in [1.165, 1.54) is 0 Å². The van der Waals surface area contributed by atoms with Gasteiger partial charge in [-0.3, -0.25) is 0 Å². The van der Waals surface area contributed by atoms with Crippen LogP contribution < -0.4 is 0 Å². The molecule has 0 spiro atoms. The zero-order valence-electron chi connectivity index (χ0n) is 15.2. The molecule has 0 aliphatic carbocycles. The minimum atomic E-state index is -0.996. The third kappa shape index (κ3) is 3.12. The number of phenolic OH excluding ortho intramolecular Hbond substituents is 1. The Morgan fingerprint density at radius 2 is 2.04 bits per heavy atom. The van der Waals surface area contributed by atoms with E-state index in [2.05, 4.69) is 6.58 Å². The summed E-state index contributed by atoms with van der Waals surface area (Å²) in [6.07, 6.45) is 5.48. The molecule has 5 heteroatoms. The molecule has 2 aromatic rings. The number of carbonyl (C=O) groups is 2. The van der Waals surface area contributed by atoms with E-state index in [1.807, 2.05) is 19.9 Å². The van der Waals surface area contributed by atoms with Gasteiger partial charge in [0.1, 0.15) is 17.9 Å². The van der Waals surface area contributed by atoms with E-state index in [4.69, 9.17) is 4.74 Å². The summed E-state index contributed by atoms with van der Waals surface area (Å²) >= 11 is 0. The van der Waals surface area contributed by atoms with Crippen LogP contribution in [-0.4, -0.2) is 22.2 Å². The number of ether oxygens (including phenoxy) is 1. The van der Waals surface area contributed by atoms with Crippen LogP contribution in [0.25, 0.3) is 12.2 Å². The number of carboxylic acid groups (broad SMARTS) is 1. The molecule has 0 radical (unpaired) electrons. The second kappa shape index (κ2) is 7.11. The van der Waals surface area contributed by atoms with Gasteiger partial charge in [0, 0.05) is 11.1 Å². The van der Waals surface area contributed by atoms with Gasteiger partial charge in [0.05, 0.1) is 5.56 Å². The summed E-state index contributed by atoms with van der Waals surface area (Å²) in [7, 11) is 0. The predicted octanol–water partition coefficient (Wildman–Crippen LogP) is 4.28. The van der Waals surface area contributed by atoms with Gasteiger partial charge in [-0.15, -0.1) is 0 Å². The number of carboxylic acids is 1. The molecule has 5 nitrogen and oxygen atoms in total. The van der Waals surface area contributed by atoms with Crippen LogP contribution in [0.3, 0.4) is 0 Å². The number of phenols is 1. The van der Waals surface area contributed by atoms with E-state index in [-0.39, 0.29) is 23.5 Å². The highest BCUT2D eigenvalue weighted by molar-refractivity contribution is 5.98. The van der Waals surface area contributed by atoms with Crippen LogP contribution in [0.1, 0.15) is 54.1 Å². The topological polar surface area (TPSA) is 83.8 Å². The Morgan fingerprint density at radius 3 is 2.70 bits per heavy atom. The maximum Gasteiger partial charge on any atom is 0.342 e. The normalized spacial score (nSPS) is 12.9. The van der Waals surface area contributed by atoms with Crippen LogP contribution in [0.5, 0.6) is 5.75 Å². The van der Waals surface area contributed by atoms with Crippen molar-refractivity contribution in [3.8, 4) is 5.75 Å². The highest BCUT2D eigenvalue weighted by Gasteiger charge is 2.30. The summed E-state index contributed by atoms with van der Waals surface area (Å²) in [5.74, 6) is -1.62. The highest BCUT2D eigenvalue weighted by atomic mass is 16.5. The number of aromatic carboxylic acids is 1. The monoisotopic (exact) mass is 364 g/mol. The Labute approximate surface area is 157 Å². The number of aryl methyl sites for hydroxylation is 1. The van der Waals surface area contributed by atoms with Crippen LogP contribution in [0.15, 0.2) is 30.9 Å². The van der Waals surface area contributed by atoms with Crippen molar-refractivity contribution < 1.29 is 24.5 Å². The number of rotatable bonds is 5. The second-order valence-electron chi connectivity index (χ2n) is 6.45. The Hall–Kier alpha value is -3.34. The number of carbonyl (C=O) groups excluding carboxylic acids is 1. The number of fused-ring (bicyclic) bond motifs is 1. The van der Waals surface area contributed by atoms with Gasteiger partial charge in [-0.1, -0.05) is 36.9 Å². The van der Waals surface area contributed by atoms with Crippen molar-refractivity contribution in [3.05, 3.63) is 75.4 Å². The molecule has 0 saturated heterocycles. The molecule has 0 atom stereocenters. The molecule has 0 fully saturated rings. The first kappa shape index (κ1) is 18.5. The van der Waals surface area contributed by atoms with Gasteiger partial charge >= 0.3 is 11.9 Å². The van der Waals surface area contributed by atoms with Gasteiger partial charge in [-0.25, -0.2) is 9.59 Å². The maximum absolute atomic E-state index is 12.0. The van der Waals surface area contributed by atoms with Crippen molar-refractivity contribution in [2.75, 3.05) is 0 Å². The van der Waals surface area contributed by atoms with Gasteiger partial charge < -0.3 is 14.9 Å². The number of benzene rings is 2. The molecule has 138 valence electrons. The summed E-state index contributed by atoms with van der Waals surface area (Å²) in [6, 6.07) is 5.10. The van der Waals surface area contributed by atoms with Crippen LogP contribution in [0, 0.1) is 13.8 Å². The molecule has 0 amide bonds. The van der Waals surface area contributed by atoms with Gasteiger partial charge in [-0.2, -0.15) is 0 Å². The molecule has 1 heterocycles. The van der Waals surface area contributed by atoms with E-state index in [1.54, 1.807) is 30.4 Å². The molecular weight excluding hydrogens is 344 g/mol. The smallest absolute Gasteiger partial charge is 0.342 e. The summed E-state index contributed by atoms with van der Waals surface area (Å²) in [4.78, 5) is 23.4. The Morgan fingerprint density at radius 1 is 1.30 bits per heavy atom. The van der Waals surface area contributed by atoms with E-state index in [0.717, 1.165) is 16.7 Å². The molecule has 27 heavy (non-hydrogen) atoms. The Bertz CT molecular complexity index is 998. The number of hydrogen-bond acceptors (Lipinski definition) is 4. The largest absolute Gasteiger partial charge is 0.507 e. The fourth-order valence-corrected chi connectivity index (χ4v) is 3.47. The molecular formula is C22H20O5. The molecule has 1 aliphatic heterocycles. The first-order chi connectivity index (χ1) is 12.9. The average molecular weight is 364 g/mol. The molecule has 0 saturated carbocycles. The number of aromatic hydroxyl groups is 1. The van der Waals surface area contributed by atoms with Gasteiger partial charge in [0.2, 0.25) is 0 Å². The Kier molecular flexibility index (Phi) is 4.86. The van der Waals surface area contributed by atoms with Crippen molar-refractivity contribution in [2.45, 2.75) is 26.9 Å². The van der Waals surface area contributed by atoms with Gasteiger partial charge in [-0.05, 0) is 48.6 Å². The fourth-order valence-electron chi connectivity index (χ4n) is 3.47. The highest BCUT2D eigenvalue weighted by Crippen LogP contribution is 2.38. The van der Waals surface area contributed by atoms with Gasteiger partial charge in [0.15, 0.2) is 0 Å². The third-order valence-electron chi connectivity index (χ3n) is 4.92. The van der Waals surface area contributed by atoms with Crippen molar-refractivity contribution in [1.82, 2.24) is 0 Å². The first-order valence-corrected chi connectivity index (χ1v) is 8.53. The third-order valence-corrected chi connectivity index (χ3v) is 4.92. The first-order valence-electron chi connectivity index (χ1n) is 8.53. The molecule has 2 N–H and O–H groups in total. The summed E-state index contributed by atoms with van der Waals surface area (Å²) in [5, 5.41) is 20.0. The van der Waals surface area contributed by atoms with Crippen molar-refractivity contribution in [3.63, 3.8) is 0 Å². The lowest BCUT2D eigenvalue weighted by molar-refractivity contribution is 0.0532. The summed E-state index contributed by atoms with van der Waals surface area (Å²) in [5.41, 5.74) is 4.76. The van der Waals surface area contributed by atoms with E-state index >= 15 is 0 Å². The lowest BCUT2D eigenvalue weighted by atomic mass is 9.90. The second-order valence-corrected chi connectivity index (χ2v) is 6.45. The number of cyclic esters (lactones) is 1. The van der Waals surface area contributed by atoms with Crippen molar-refractivity contribution >= 4 is 24.1 Å². The number of allylic oxidation sites excluding steroid dienone is 1. The predicted molar refractivity (Wildman–Crippen MR) is 103 cm³/mol.